The number of esters is 1. The number of carbonyl (C=O) groups is 3. The topological polar surface area (TPSA) is 137 Å². The van der Waals surface area contributed by atoms with E-state index < -0.39 is 41.3 Å². The molecule has 2 aromatic heterocycles. The van der Waals surface area contributed by atoms with Crippen molar-refractivity contribution in [2.24, 2.45) is 10.9 Å². The Balaban J connectivity index is 1.32. The van der Waals surface area contributed by atoms with Gasteiger partial charge in [0, 0.05) is 55.8 Å². The molecule has 5 heterocycles. The number of pyridine rings is 1. The first-order valence-corrected chi connectivity index (χ1v) is 15.7. The predicted molar refractivity (Wildman–Crippen MR) is 166 cm³/mol. The number of benzene rings is 1. The average molecular weight is 651 g/mol. The fourth-order valence-electron chi connectivity index (χ4n) is 6.34. The Morgan fingerprint density at radius 3 is 2.72 bits per heavy atom. The number of rotatable bonds is 8. The number of fused-ring (bicyclic) bond motifs is 1. The average Bonchev–Trinajstić information content (AvgIpc) is 3.65. The maximum atomic E-state index is 16.4. The molecule has 3 aliphatic heterocycles. The molecule has 0 bridgehead atoms. The number of hydrogen-bond acceptors (Lipinski definition) is 10. The van der Waals surface area contributed by atoms with E-state index in [0.29, 0.717) is 27.7 Å². The largest absolute Gasteiger partial charge is 0.478 e. The number of carboxylic acids is 1. The van der Waals surface area contributed by atoms with Crippen LogP contribution in [0.5, 0.6) is 0 Å². The number of aromatic carboxylic acids is 1. The number of aliphatic imine (C=N–C) groups is 1. The van der Waals surface area contributed by atoms with Crippen LogP contribution in [0.25, 0.3) is 0 Å². The van der Waals surface area contributed by atoms with Crippen LogP contribution in [0.15, 0.2) is 58.2 Å². The van der Waals surface area contributed by atoms with Crippen LogP contribution in [0, 0.1) is 25.6 Å². The number of nitrogens with one attached hydrogen (secondary N) is 1. The number of amidine groups is 1. The van der Waals surface area contributed by atoms with Gasteiger partial charge in [-0.15, -0.1) is 11.3 Å². The van der Waals surface area contributed by atoms with Crippen LogP contribution in [-0.4, -0.2) is 82.1 Å². The SMILES string of the molecule is CCOC(=O)C1=C(CN2CC[C@]3(F)C(=O)N(c4ccc(C(=O)O)c(C)n4)C[C@@H]3C2)NC(c2nccs2)=N[C@H]1c1cccc(F)c1C. The first kappa shape index (κ1) is 31.4. The zero-order valence-electron chi connectivity index (χ0n) is 25.4. The van der Waals surface area contributed by atoms with Gasteiger partial charge in [0.15, 0.2) is 16.5 Å². The normalized spacial score (nSPS) is 23.2. The lowest BCUT2D eigenvalue weighted by atomic mass is 9.84. The third kappa shape index (κ3) is 5.55. The summed E-state index contributed by atoms with van der Waals surface area (Å²) >= 11 is 1.35. The molecule has 46 heavy (non-hydrogen) atoms. The highest BCUT2D eigenvalue weighted by molar-refractivity contribution is 7.11. The van der Waals surface area contributed by atoms with Crippen molar-refractivity contribution in [1.29, 1.82) is 0 Å². The number of carbonyl (C=O) groups excluding carboxylic acids is 2. The van der Waals surface area contributed by atoms with Gasteiger partial charge in [0.2, 0.25) is 0 Å². The zero-order chi connectivity index (χ0) is 32.7. The molecule has 0 aliphatic carbocycles. The number of thiazole rings is 1. The third-order valence-corrected chi connectivity index (χ3v) is 9.52. The number of aromatic nitrogens is 2. The highest BCUT2D eigenvalue weighted by Gasteiger charge is 2.57. The summed E-state index contributed by atoms with van der Waals surface area (Å²) in [7, 11) is 0. The third-order valence-electron chi connectivity index (χ3n) is 8.74. The summed E-state index contributed by atoms with van der Waals surface area (Å²) < 4.78 is 36.6. The first-order valence-electron chi connectivity index (χ1n) is 14.9. The van der Waals surface area contributed by atoms with Crippen LogP contribution in [-0.2, 0) is 14.3 Å². The number of piperidine rings is 1. The van der Waals surface area contributed by atoms with Gasteiger partial charge >= 0.3 is 11.9 Å². The molecule has 0 unspecified atom stereocenters. The molecule has 0 spiro atoms. The number of nitrogens with zero attached hydrogens (tertiary/aromatic N) is 5. The van der Waals surface area contributed by atoms with Crippen LogP contribution in [0.4, 0.5) is 14.6 Å². The van der Waals surface area contributed by atoms with Crippen molar-refractivity contribution in [3.63, 3.8) is 0 Å². The Labute approximate surface area is 267 Å². The minimum absolute atomic E-state index is 0.00649. The van der Waals surface area contributed by atoms with E-state index in [2.05, 4.69) is 15.3 Å². The molecule has 3 aromatic rings. The van der Waals surface area contributed by atoms with Crippen LogP contribution < -0.4 is 10.2 Å². The van der Waals surface area contributed by atoms with E-state index in [1.54, 1.807) is 37.6 Å². The van der Waals surface area contributed by atoms with Crippen LogP contribution in [0.2, 0.25) is 0 Å². The number of likely N-dealkylation sites (tertiary alicyclic amines) is 1. The Kier molecular flexibility index (Phi) is 8.42. The summed E-state index contributed by atoms with van der Waals surface area (Å²) in [5, 5.41) is 15.0. The lowest BCUT2D eigenvalue weighted by Gasteiger charge is -2.38. The molecule has 1 aromatic carbocycles. The second kappa shape index (κ2) is 12.3. The number of amides is 1. The fraction of sp³-hybridized carbons (Fsp3) is 0.375. The van der Waals surface area contributed by atoms with Gasteiger partial charge in [0.05, 0.1) is 23.4 Å². The lowest BCUT2D eigenvalue weighted by molar-refractivity contribution is -0.139. The van der Waals surface area contributed by atoms with Crippen molar-refractivity contribution in [3.05, 3.63) is 86.4 Å². The monoisotopic (exact) mass is 650 g/mol. The molecule has 11 nitrogen and oxygen atoms in total. The molecule has 240 valence electrons. The van der Waals surface area contributed by atoms with Crippen molar-refractivity contribution in [2.45, 2.75) is 38.9 Å². The number of anilines is 1. The molecule has 0 saturated carbocycles. The highest BCUT2D eigenvalue weighted by Crippen LogP contribution is 2.42. The molecule has 1 amide bonds. The van der Waals surface area contributed by atoms with E-state index in [1.807, 2.05) is 4.90 Å². The second-order valence-electron chi connectivity index (χ2n) is 11.5. The van der Waals surface area contributed by atoms with Gasteiger partial charge in [-0.25, -0.2) is 28.3 Å². The van der Waals surface area contributed by atoms with E-state index in [4.69, 9.17) is 9.73 Å². The van der Waals surface area contributed by atoms with E-state index in [1.165, 1.54) is 41.4 Å². The zero-order valence-corrected chi connectivity index (χ0v) is 26.2. The molecule has 3 atom stereocenters. The molecule has 6 rings (SSSR count). The number of aryl methyl sites for hydroxylation is 1. The number of hydrogen-bond donors (Lipinski definition) is 2. The lowest BCUT2D eigenvalue weighted by Crippen LogP contribution is -2.52. The van der Waals surface area contributed by atoms with Crippen LogP contribution in [0.1, 0.15) is 51.6 Å². The number of carboxylic acid groups (broad SMARTS) is 1. The van der Waals surface area contributed by atoms with Crippen molar-refractivity contribution < 1.29 is 33.0 Å². The standard InChI is InChI=1S/C32H32F2N6O5S/c1-4-45-30(43)25-23(37-27(28-35-11-13-46-28)38-26(25)20-6-5-7-22(33)17(20)2)16-39-12-10-32(34)19(14-39)15-40(31(32)44)24-9-8-21(29(41)42)18(3)36-24/h5-9,11,13,19,26H,4,10,12,14-16H2,1-3H3,(H,37,38)(H,41,42)/t19-,26-,32+/m0/s1. The van der Waals surface area contributed by atoms with Crippen molar-refractivity contribution >= 4 is 40.8 Å². The molecule has 2 N–H and O–H groups in total. The Morgan fingerprint density at radius 2 is 2.02 bits per heavy atom. The molecule has 3 aliphatic rings. The minimum Gasteiger partial charge on any atom is -0.478 e. The Morgan fingerprint density at radius 1 is 1.22 bits per heavy atom. The van der Waals surface area contributed by atoms with E-state index in [0.717, 1.165) is 0 Å². The molecule has 2 saturated heterocycles. The van der Waals surface area contributed by atoms with Crippen LogP contribution >= 0.6 is 11.3 Å². The highest BCUT2D eigenvalue weighted by atomic mass is 32.1. The van der Waals surface area contributed by atoms with Crippen molar-refractivity contribution in [1.82, 2.24) is 20.2 Å². The second-order valence-corrected chi connectivity index (χ2v) is 12.4. The molecule has 0 radical (unpaired) electrons. The van der Waals surface area contributed by atoms with Gasteiger partial charge in [-0.3, -0.25) is 19.6 Å². The molecule has 2 fully saturated rings. The van der Waals surface area contributed by atoms with Crippen molar-refractivity contribution in [2.75, 3.05) is 37.7 Å². The van der Waals surface area contributed by atoms with Gasteiger partial charge < -0.3 is 15.2 Å². The summed E-state index contributed by atoms with van der Waals surface area (Å²) in [5.41, 5.74) is -0.340. The number of alkyl halides is 1. The van der Waals surface area contributed by atoms with Crippen molar-refractivity contribution in [3.8, 4) is 0 Å². The predicted octanol–water partition coefficient (Wildman–Crippen LogP) is 3.98. The first-order chi connectivity index (χ1) is 22.0. The maximum Gasteiger partial charge on any atom is 0.338 e. The number of halogens is 2. The fourth-order valence-corrected chi connectivity index (χ4v) is 6.92. The summed E-state index contributed by atoms with van der Waals surface area (Å²) in [6, 6.07) is 6.54. The number of ether oxygens (including phenoxy) is 1. The molecular weight excluding hydrogens is 618 g/mol. The minimum atomic E-state index is -2.12. The van der Waals surface area contributed by atoms with Gasteiger partial charge in [0.25, 0.3) is 5.91 Å². The summed E-state index contributed by atoms with van der Waals surface area (Å²) in [6.45, 7) is 5.61. The smallest absolute Gasteiger partial charge is 0.338 e. The van der Waals surface area contributed by atoms with E-state index in [9.17, 15) is 23.9 Å². The van der Waals surface area contributed by atoms with E-state index >= 15 is 4.39 Å². The van der Waals surface area contributed by atoms with Gasteiger partial charge in [-0.1, -0.05) is 12.1 Å². The van der Waals surface area contributed by atoms with Gasteiger partial charge in [-0.2, -0.15) is 0 Å². The summed E-state index contributed by atoms with van der Waals surface area (Å²) in [4.78, 5) is 55.1. The van der Waals surface area contributed by atoms with Gasteiger partial charge in [-0.05, 0) is 50.1 Å². The Hall–Kier alpha value is -4.56. The summed E-state index contributed by atoms with van der Waals surface area (Å²) in [6.07, 6.45) is 1.55. The Bertz CT molecular complexity index is 1780. The quantitative estimate of drug-likeness (QED) is 0.347. The van der Waals surface area contributed by atoms with Crippen LogP contribution in [0.3, 0.4) is 0 Å². The van der Waals surface area contributed by atoms with Gasteiger partial charge in [0.1, 0.15) is 17.7 Å². The maximum absolute atomic E-state index is 16.4. The molecular formula is C32H32F2N6O5S. The molecule has 14 heteroatoms. The summed E-state index contributed by atoms with van der Waals surface area (Å²) in [5.74, 6) is -2.97. The van der Waals surface area contributed by atoms with E-state index in [-0.39, 0.29) is 61.9 Å².